The summed E-state index contributed by atoms with van der Waals surface area (Å²) < 4.78 is 9.35. The molecule has 1 rings (SSSR count). The zero-order chi connectivity index (χ0) is 16.1. The van der Waals surface area contributed by atoms with Crippen molar-refractivity contribution < 1.29 is 34.4 Å². The molecule has 0 heterocycles. The summed E-state index contributed by atoms with van der Waals surface area (Å²) in [4.78, 5) is 22.0. The van der Waals surface area contributed by atoms with Gasteiger partial charge in [0.1, 0.15) is 0 Å². The van der Waals surface area contributed by atoms with Crippen molar-refractivity contribution >= 4 is 11.9 Å². The molecule has 118 valence electrons. The van der Waals surface area contributed by atoms with Gasteiger partial charge in [-0.05, 0) is 19.1 Å². The van der Waals surface area contributed by atoms with Crippen LogP contribution in [0.5, 0.6) is 0 Å². The maximum absolute atomic E-state index is 11.3. The predicted molar refractivity (Wildman–Crippen MR) is 74.3 cm³/mol. The van der Waals surface area contributed by atoms with Gasteiger partial charge in [-0.3, -0.25) is 0 Å². The van der Waals surface area contributed by atoms with Gasteiger partial charge < -0.3 is 24.8 Å². The summed E-state index contributed by atoms with van der Waals surface area (Å²) in [5.74, 6) is -1.74. The van der Waals surface area contributed by atoms with Crippen molar-refractivity contribution in [1.29, 1.82) is 0 Å². The van der Waals surface area contributed by atoms with Crippen LogP contribution in [0.15, 0.2) is 24.3 Å². The number of carboxylic acids is 1. The van der Waals surface area contributed by atoms with Gasteiger partial charge in [-0.2, -0.15) is 0 Å². The fourth-order valence-corrected chi connectivity index (χ4v) is 1.29. The summed E-state index contributed by atoms with van der Waals surface area (Å²) >= 11 is 0. The first-order valence-electron chi connectivity index (χ1n) is 6.37. The summed E-state index contributed by atoms with van der Waals surface area (Å²) in [6, 6.07) is 5.96. The monoisotopic (exact) mass is 300 g/mol. The van der Waals surface area contributed by atoms with Crippen molar-refractivity contribution in [1.82, 2.24) is 0 Å². The summed E-state index contributed by atoms with van der Waals surface area (Å²) in [7, 11) is 0. The van der Waals surface area contributed by atoms with Gasteiger partial charge in [0, 0.05) is 0 Å². The molecule has 0 spiro atoms. The van der Waals surface area contributed by atoms with Crippen LogP contribution in [-0.4, -0.2) is 60.3 Å². The Morgan fingerprint density at radius 3 is 2.00 bits per heavy atom. The number of hydrogen-bond donors (Lipinski definition) is 3. The van der Waals surface area contributed by atoms with E-state index in [1.807, 2.05) is 0 Å². The molecule has 7 nitrogen and oxygen atoms in total. The van der Waals surface area contributed by atoms with Crippen LogP contribution in [-0.2, 0) is 9.47 Å². The molecule has 7 heteroatoms. The molecule has 0 amide bonds. The van der Waals surface area contributed by atoms with E-state index in [1.54, 1.807) is 19.1 Å². The Labute approximate surface area is 122 Å². The molecule has 0 aliphatic carbocycles. The summed E-state index contributed by atoms with van der Waals surface area (Å²) in [5, 5.41) is 24.9. The number of aliphatic hydroxyl groups excluding tert-OH is 2. The van der Waals surface area contributed by atoms with E-state index >= 15 is 0 Å². The van der Waals surface area contributed by atoms with Gasteiger partial charge >= 0.3 is 11.9 Å². The van der Waals surface area contributed by atoms with Gasteiger partial charge in [-0.1, -0.05) is 12.1 Å². The van der Waals surface area contributed by atoms with Crippen LogP contribution in [0.4, 0.5) is 0 Å². The lowest BCUT2D eigenvalue weighted by Gasteiger charge is -2.04. The van der Waals surface area contributed by atoms with Gasteiger partial charge in [0.2, 0.25) is 0 Å². The normalized spacial score (nSPS) is 9.48. The molecule has 0 aromatic heterocycles. The number of carboxylic acid groups (broad SMARTS) is 1. The Balaban J connectivity index is 0.000000486. The zero-order valence-electron chi connectivity index (χ0n) is 11.8. The third-order valence-electron chi connectivity index (χ3n) is 2.12. The Morgan fingerprint density at radius 1 is 1.05 bits per heavy atom. The molecule has 0 aliphatic rings. The molecule has 0 atom stereocenters. The standard InChI is InChI=1S/C10H10O4.C4H10O3/c1-2-14-10(13)8-6-4-3-5-7(8)9(11)12;5-1-3-7-4-2-6/h3-6H,2H2,1H3,(H,11,12);5-6H,1-4H2. The number of ether oxygens (including phenoxy) is 2. The van der Waals surface area contributed by atoms with Crippen molar-refractivity contribution in [2.75, 3.05) is 33.0 Å². The number of carbonyl (C=O) groups excluding carboxylic acids is 1. The third kappa shape index (κ3) is 8.03. The number of aliphatic hydroxyl groups is 2. The van der Waals surface area contributed by atoms with E-state index in [-0.39, 0.29) is 30.9 Å². The third-order valence-corrected chi connectivity index (χ3v) is 2.12. The second kappa shape index (κ2) is 11.8. The summed E-state index contributed by atoms with van der Waals surface area (Å²) in [6.45, 7) is 2.59. The zero-order valence-corrected chi connectivity index (χ0v) is 11.8. The number of carbonyl (C=O) groups is 2. The number of rotatable bonds is 7. The predicted octanol–water partition coefficient (Wildman–Crippen LogP) is 0.549. The fourth-order valence-electron chi connectivity index (χ4n) is 1.29. The topological polar surface area (TPSA) is 113 Å². The molecule has 0 aliphatic heterocycles. The number of benzene rings is 1. The number of hydrogen-bond acceptors (Lipinski definition) is 6. The molecule has 0 radical (unpaired) electrons. The lowest BCUT2D eigenvalue weighted by atomic mass is 10.1. The van der Waals surface area contributed by atoms with Gasteiger partial charge in [0.05, 0.1) is 44.2 Å². The van der Waals surface area contributed by atoms with Crippen LogP contribution in [0, 0.1) is 0 Å². The van der Waals surface area contributed by atoms with E-state index in [9.17, 15) is 9.59 Å². The highest BCUT2D eigenvalue weighted by atomic mass is 16.5. The van der Waals surface area contributed by atoms with Crippen molar-refractivity contribution in [2.24, 2.45) is 0 Å². The van der Waals surface area contributed by atoms with Crippen molar-refractivity contribution in [3.8, 4) is 0 Å². The van der Waals surface area contributed by atoms with E-state index < -0.39 is 11.9 Å². The summed E-state index contributed by atoms with van der Waals surface area (Å²) in [6.07, 6.45) is 0. The highest BCUT2D eigenvalue weighted by molar-refractivity contribution is 6.02. The number of esters is 1. The van der Waals surface area contributed by atoms with Crippen LogP contribution in [0.1, 0.15) is 27.6 Å². The van der Waals surface area contributed by atoms with E-state index in [0.29, 0.717) is 13.2 Å². The maximum atomic E-state index is 11.3. The van der Waals surface area contributed by atoms with Gasteiger partial charge in [0.15, 0.2) is 0 Å². The SMILES string of the molecule is CCOC(=O)c1ccccc1C(=O)O.OCCOCCO. The van der Waals surface area contributed by atoms with Gasteiger partial charge in [0.25, 0.3) is 0 Å². The second-order valence-electron chi connectivity index (χ2n) is 3.63. The minimum absolute atomic E-state index is 0.0278. The quantitative estimate of drug-likeness (QED) is 0.497. The second-order valence-corrected chi connectivity index (χ2v) is 3.63. The lowest BCUT2D eigenvalue weighted by molar-refractivity contribution is 0.0514. The highest BCUT2D eigenvalue weighted by Crippen LogP contribution is 2.09. The first kappa shape index (κ1) is 19.0. The van der Waals surface area contributed by atoms with Gasteiger partial charge in [-0.15, -0.1) is 0 Å². The van der Waals surface area contributed by atoms with Crippen molar-refractivity contribution in [2.45, 2.75) is 6.92 Å². The van der Waals surface area contributed by atoms with Crippen LogP contribution < -0.4 is 0 Å². The van der Waals surface area contributed by atoms with Gasteiger partial charge in [-0.25, -0.2) is 9.59 Å². The largest absolute Gasteiger partial charge is 0.478 e. The molecule has 3 N–H and O–H groups in total. The Kier molecular flexibility index (Phi) is 10.7. The maximum Gasteiger partial charge on any atom is 0.338 e. The Morgan fingerprint density at radius 2 is 1.57 bits per heavy atom. The minimum atomic E-state index is -1.13. The van der Waals surface area contributed by atoms with Crippen molar-refractivity contribution in [3.63, 3.8) is 0 Å². The Hall–Kier alpha value is -1.96. The molecule has 1 aromatic rings. The molecule has 1 aromatic carbocycles. The summed E-state index contributed by atoms with van der Waals surface area (Å²) in [5.41, 5.74) is 0.0489. The molecule has 0 bridgehead atoms. The molecular weight excluding hydrogens is 280 g/mol. The first-order valence-corrected chi connectivity index (χ1v) is 6.37. The van der Waals surface area contributed by atoms with E-state index in [2.05, 4.69) is 4.74 Å². The molecule has 21 heavy (non-hydrogen) atoms. The average Bonchev–Trinajstić information content (AvgIpc) is 2.48. The molecule has 0 unspecified atom stereocenters. The molecule has 0 fully saturated rings. The number of aromatic carboxylic acids is 1. The molecule has 0 saturated carbocycles. The van der Waals surface area contributed by atoms with E-state index in [0.717, 1.165) is 0 Å². The molecule has 0 saturated heterocycles. The van der Waals surface area contributed by atoms with E-state index in [4.69, 9.17) is 20.1 Å². The highest BCUT2D eigenvalue weighted by Gasteiger charge is 2.15. The first-order chi connectivity index (χ1) is 10.1. The van der Waals surface area contributed by atoms with Crippen LogP contribution >= 0.6 is 0 Å². The van der Waals surface area contributed by atoms with Crippen LogP contribution in [0.3, 0.4) is 0 Å². The van der Waals surface area contributed by atoms with E-state index in [1.165, 1.54) is 12.1 Å². The smallest absolute Gasteiger partial charge is 0.338 e. The van der Waals surface area contributed by atoms with Crippen molar-refractivity contribution in [3.05, 3.63) is 35.4 Å². The fraction of sp³-hybridized carbons (Fsp3) is 0.429. The van der Waals surface area contributed by atoms with Crippen LogP contribution in [0.2, 0.25) is 0 Å². The molecular formula is C14H20O7. The lowest BCUT2D eigenvalue weighted by Crippen LogP contribution is -2.11. The Bertz CT molecular complexity index is 427. The van der Waals surface area contributed by atoms with Crippen LogP contribution in [0.25, 0.3) is 0 Å². The average molecular weight is 300 g/mol. The minimum Gasteiger partial charge on any atom is -0.478 e.